The average Bonchev–Trinajstić information content (AvgIpc) is 3.10. The van der Waals surface area contributed by atoms with E-state index in [4.69, 9.17) is 32.7 Å². The second kappa shape index (κ2) is 16.7. The predicted octanol–water partition coefficient (Wildman–Crippen LogP) is 6.76. The number of nitrogens with zero attached hydrogens (tertiary/aromatic N) is 2. The summed E-state index contributed by atoms with van der Waals surface area (Å²) in [4.78, 5) is 30.1. The van der Waals surface area contributed by atoms with Crippen molar-refractivity contribution in [1.82, 2.24) is 10.2 Å². The van der Waals surface area contributed by atoms with Crippen molar-refractivity contribution in [1.29, 1.82) is 0 Å². The molecule has 2 atom stereocenters. The molecule has 0 aliphatic heterocycles. The molecule has 1 N–H and O–H groups in total. The Labute approximate surface area is 292 Å². The highest BCUT2D eigenvalue weighted by atomic mass is 35.5. The van der Waals surface area contributed by atoms with Gasteiger partial charge in [-0.05, 0) is 55.3 Å². The molecule has 4 rings (SSSR count). The third-order valence-corrected chi connectivity index (χ3v) is 10.4. The number of rotatable bonds is 15. The number of anilines is 1. The molecule has 0 saturated heterocycles. The number of ether oxygens (including phenoxy) is 2. The van der Waals surface area contributed by atoms with Crippen LogP contribution in [0.5, 0.6) is 11.5 Å². The lowest BCUT2D eigenvalue weighted by atomic mass is 10.0. The van der Waals surface area contributed by atoms with E-state index in [1.807, 2.05) is 44.2 Å². The molecule has 254 valence electrons. The van der Waals surface area contributed by atoms with E-state index >= 15 is 0 Å². The van der Waals surface area contributed by atoms with E-state index in [1.54, 1.807) is 48.5 Å². The highest BCUT2D eigenvalue weighted by Crippen LogP contribution is 2.36. The summed E-state index contributed by atoms with van der Waals surface area (Å²) >= 11 is 13.2. The van der Waals surface area contributed by atoms with Gasteiger partial charge in [0, 0.05) is 40.7 Å². The number of amides is 2. The van der Waals surface area contributed by atoms with Crippen molar-refractivity contribution in [3.8, 4) is 11.5 Å². The summed E-state index contributed by atoms with van der Waals surface area (Å²) < 4.78 is 40.6. The number of methoxy groups -OCH3 is 2. The molecule has 48 heavy (non-hydrogen) atoms. The lowest BCUT2D eigenvalue weighted by Crippen LogP contribution is -2.54. The normalized spacial score (nSPS) is 12.5. The van der Waals surface area contributed by atoms with Gasteiger partial charge in [-0.15, -0.1) is 0 Å². The number of hydrogen-bond acceptors (Lipinski definition) is 6. The van der Waals surface area contributed by atoms with Crippen molar-refractivity contribution in [3.05, 3.63) is 118 Å². The lowest BCUT2D eigenvalue weighted by Gasteiger charge is -2.35. The van der Waals surface area contributed by atoms with Gasteiger partial charge < -0.3 is 19.7 Å². The molecule has 0 radical (unpaired) electrons. The highest BCUT2D eigenvalue weighted by Gasteiger charge is 2.36. The van der Waals surface area contributed by atoms with Crippen LogP contribution in [0.3, 0.4) is 0 Å². The Kier molecular flexibility index (Phi) is 12.7. The Morgan fingerprint density at radius 1 is 0.854 bits per heavy atom. The number of sulfonamides is 1. The molecule has 0 aliphatic carbocycles. The standard InChI is InChI=1S/C36H39Cl2N3O6S/c1-5-25(2)39-36(43)33(21-26-13-8-6-9-14-26)40(23-29-30(37)17-12-18-31(29)38)35(42)24-41(48(44,45)28-15-10-7-11-16-28)32-22-27(46-3)19-20-34(32)47-4/h6-20,22,25,33H,5,21,23-24H2,1-4H3,(H,39,43)/t25-,33-/m0/s1. The van der Waals surface area contributed by atoms with E-state index in [9.17, 15) is 18.0 Å². The van der Waals surface area contributed by atoms with Gasteiger partial charge in [0.25, 0.3) is 10.0 Å². The Balaban J connectivity index is 1.90. The number of benzene rings is 4. The first-order valence-electron chi connectivity index (χ1n) is 15.4. The second-order valence-corrected chi connectivity index (χ2v) is 13.8. The second-order valence-electron chi connectivity index (χ2n) is 11.1. The number of nitrogens with one attached hydrogen (secondary N) is 1. The van der Waals surface area contributed by atoms with Crippen LogP contribution >= 0.6 is 23.2 Å². The van der Waals surface area contributed by atoms with Gasteiger partial charge in [-0.1, -0.05) is 84.7 Å². The molecule has 0 aromatic heterocycles. The average molecular weight is 713 g/mol. The summed E-state index contributed by atoms with van der Waals surface area (Å²) in [5.41, 5.74) is 1.29. The van der Waals surface area contributed by atoms with E-state index < -0.39 is 34.4 Å². The number of carbonyl (C=O) groups is 2. The zero-order chi connectivity index (χ0) is 34.8. The van der Waals surface area contributed by atoms with Crippen molar-refractivity contribution in [2.24, 2.45) is 0 Å². The van der Waals surface area contributed by atoms with Gasteiger partial charge in [-0.2, -0.15) is 0 Å². The van der Waals surface area contributed by atoms with Crippen molar-refractivity contribution < 1.29 is 27.5 Å². The third kappa shape index (κ3) is 8.80. The van der Waals surface area contributed by atoms with Crippen molar-refractivity contribution in [2.45, 2.75) is 50.2 Å². The van der Waals surface area contributed by atoms with Crippen molar-refractivity contribution >= 4 is 50.7 Å². The molecule has 4 aromatic rings. The number of halogens is 2. The summed E-state index contributed by atoms with van der Waals surface area (Å²) in [6.07, 6.45) is 0.803. The van der Waals surface area contributed by atoms with Gasteiger partial charge in [0.15, 0.2) is 0 Å². The highest BCUT2D eigenvalue weighted by molar-refractivity contribution is 7.92. The van der Waals surface area contributed by atoms with Gasteiger partial charge in [0.1, 0.15) is 24.1 Å². The van der Waals surface area contributed by atoms with Gasteiger partial charge in [-0.25, -0.2) is 8.42 Å². The molecule has 12 heteroatoms. The van der Waals surface area contributed by atoms with Crippen LogP contribution in [-0.4, -0.2) is 58.0 Å². The van der Waals surface area contributed by atoms with Crippen molar-refractivity contribution in [3.63, 3.8) is 0 Å². The monoisotopic (exact) mass is 711 g/mol. The molecule has 0 aliphatic rings. The zero-order valence-electron chi connectivity index (χ0n) is 27.2. The van der Waals surface area contributed by atoms with Gasteiger partial charge in [0.2, 0.25) is 11.8 Å². The van der Waals surface area contributed by atoms with Crippen LogP contribution < -0.4 is 19.1 Å². The Morgan fingerprint density at radius 2 is 1.48 bits per heavy atom. The van der Waals surface area contributed by atoms with Gasteiger partial charge in [0.05, 0.1) is 24.8 Å². The van der Waals surface area contributed by atoms with E-state index in [2.05, 4.69) is 5.32 Å². The summed E-state index contributed by atoms with van der Waals surface area (Å²) in [6.45, 7) is 2.96. The molecule has 0 heterocycles. The van der Waals surface area contributed by atoms with Gasteiger partial charge >= 0.3 is 0 Å². The molecule has 0 fully saturated rings. The van der Waals surface area contributed by atoms with Crippen LogP contribution in [0, 0.1) is 0 Å². The number of carbonyl (C=O) groups excluding carboxylic acids is 2. The third-order valence-electron chi connectivity index (χ3n) is 7.93. The van der Waals surface area contributed by atoms with Crippen LogP contribution in [0.1, 0.15) is 31.4 Å². The smallest absolute Gasteiger partial charge is 0.264 e. The fourth-order valence-electron chi connectivity index (χ4n) is 5.07. The first-order valence-corrected chi connectivity index (χ1v) is 17.6. The topological polar surface area (TPSA) is 105 Å². The van der Waals surface area contributed by atoms with Crippen LogP contribution in [-0.2, 0) is 32.6 Å². The summed E-state index contributed by atoms with van der Waals surface area (Å²) in [5, 5.41) is 3.60. The van der Waals surface area contributed by atoms with Crippen LogP contribution in [0.15, 0.2) is 102 Å². The molecule has 0 bridgehead atoms. The van der Waals surface area contributed by atoms with Crippen molar-refractivity contribution in [2.75, 3.05) is 25.1 Å². The molecule has 0 saturated carbocycles. The Hall–Kier alpha value is -4.25. The molecular formula is C36H39Cl2N3O6S. The minimum Gasteiger partial charge on any atom is -0.497 e. The molecule has 0 unspecified atom stereocenters. The molecule has 2 amide bonds. The quantitative estimate of drug-likeness (QED) is 0.146. The molecule has 0 spiro atoms. The lowest BCUT2D eigenvalue weighted by molar-refractivity contribution is -0.140. The molecule has 9 nitrogen and oxygen atoms in total. The summed E-state index contributed by atoms with van der Waals surface area (Å²) in [7, 11) is -1.51. The first kappa shape index (κ1) is 36.6. The maximum absolute atomic E-state index is 14.8. The predicted molar refractivity (Wildman–Crippen MR) is 189 cm³/mol. The minimum atomic E-state index is -4.36. The van der Waals surface area contributed by atoms with E-state index in [-0.39, 0.29) is 35.3 Å². The number of hydrogen-bond donors (Lipinski definition) is 1. The zero-order valence-corrected chi connectivity index (χ0v) is 29.6. The van der Waals surface area contributed by atoms with E-state index in [1.165, 1.54) is 37.3 Å². The summed E-state index contributed by atoms with van der Waals surface area (Å²) in [5.74, 6) is -0.531. The SMILES string of the molecule is CC[C@H](C)NC(=O)[C@H](Cc1ccccc1)N(Cc1c(Cl)cccc1Cl)C(=O)CN(c1cc(OC)ccc1OC)S(=O)(=O)c1ccccc1. The van der Waals surface area contributed by atoms with Crippen LogP contribution in [0.2, 0.25) is 10.0 Å². The maximum Gasteiger partial charge on any atom is 0.264 e. The molecule has 4 aromatic carbocycles. The first-order chi connectivity index (χ1) is 23.0. The van der Waals surface area contributed by atoms with E-state index in [0.717, 1.165) is 9.87 Å². The Morgan fingerprint density at radius 3 is 2.06 bits per heavy atom. The Bertz CT molecular complexity index is 1790. The largest absolute Gasteiger partial charge is 0.497 e. The summed E-state index contributed by atoms with van der Waals surface area (Å²) in [6, 6.07) is 25.4. The minimum absolute atomic E-state index is 0.0429. The van der Waals surface area contributed by atoms with E-state index in [0.29, 0.717) is 27.8 Å². The van der Waals surface area contributed by atoms with Crippen LogP contribution in [0.4, 0.5) is 5.69 Å². The fraction of sp³-hybridized carbons (Fsp3) is 0.278. The fourth-order valence-corrected chi connectivity index (χ4v) is 7.03. The van der Waals surface area contributed by atoms with Crippen LogP contribution in [0.25, 0.3) is 0 Å². The maximum atomic E-state index is 14.8. The van der Waals surface area contributed by atoms with Gasteiger partial charge in [-0.3, -0.25) is 13.9 Å². The molecular weight excluding hydrogens is 673 g/mol.